The summed E-state index contributed by atoms with van der Waals surface area (Å²) < 4.78 is 67.0. The molecule has 0 spiro atoms. The normalized spacial score (nSPS) is 17.1. The van der Waals surface area contributed by atoms with Crippen LogP contribution in [0.1, 0.15) is 30.0 Å². The Morgan fingerprint density at radius 2 is 1.62 bits per heavy atom. The minimum Gasteiger partial charge on any atom is -0.336 e. The largest absolute Gasteiger partial charge is 0.407 e. The summed E-state index contributed by atoms with van der Waals surface area (Å²) in [6.45, 7) is 0. The van der Waals surface area contributed by atoms with E-state index in [0.29, 0.717) is 18.4 Å². The van der Waals surface area contributed by atoms with E-state index < -0.39 is 51.0 Å². The van der Waals surface area contributed by atoms with Gasteiger partial charge in [-0.25, -0.2) is 8.42 Å². The van der Waals surface area contributed by atoms with Crippen LogP contribution in [0.5, 0.6) is 0 Å². The van der Waals surface area contributed by atoms with E-state index in [0.717, 1.165) is 0 Å². The van der Waals surface area contributed by atoms with E-state index in [9.17, 15) is 31.6 Å². The molecule has 170 valence electrons. The van der Waals surface area contributed by atoms with Crippen LogP contribution in [0.15, 0.2) is 60.7 Å². The third kappa shape index (κ3) is 6.31. The highest BCUT2D eigenvalue weighted by molar-refractivity contribution is 7.90. The maximum Gasteiger partial charge on any atom is 0.407 e. The second-order valence-electron chi connectivity index (χ2n) is 7.83. The van der Waals surface area contributed by atoms with Gasteiger partial charge in [-0.15, -0.1) is 0 Å². The van der Waals surface area contributed by atoms with Gasteiger partial charge in [0.15, 0.2) is 9.84 Å². The van der Waals surface area contributed by atoms with Crippen LogP contribution >= 0.6 is 0 Å². The van der Waals surface area contributed by atoms with Crippen molar-refractivity contribution < 1.29 is 26.4 Å². The average molecular weight is 465 g/mol. The molecule has 0 radical (unpaired) electrons. The molecule has 0 aliphatic heterocycles. The molecule has 6 nitrogen and oxygen atoms in total. The highest BCUT2D eigenvalue weighted by Gasteiger charge is 2.48. The number of halogens is 3. The molecule has 1 unspecified atom stereocenters. The summed E-state index contributed by atoms with van der Waals surface area (Å²) in [5, 5.41) is 13.8. The third-order valence-electron chi connectivity index (χ3n) is 5.12. The van der Waals surface area contributed by atoms with Gasteiger partial charge in [0.1, 0.15) is 17.6 Å². The van der Waals surface area contributed by atoms with Crippen molar-refractivity contribution in [3.8, 4) is 6.07 Å². The fourth-order valence-electron chi connectivity index (χ4n) is 3.28. The highest BCUT2D eigenvalue weighted by Crippen LogP contribution is 2.35. The van der Waals surface area contributed by atoms with Gasteiger partial charge < -0.3 is 5.32 Å². The fourth-order valence-corrected chi connectivity index (χ4v) is 4.85. The Labute approximate surface area is 184 Å². The van der Waals surface area contributed by atoms with Crippen molar-refractivity contribution in [2.45, 2.75) is 42.4 Å². The minimum atomic E-state index is -4.78. The first-order valence-electron chi connectivity index (χ1n) is 9.89. The van der Waals surface area contributed by atoms with E-state index in [-0.39, 0.29) is 5.56 Å². The molecule has 1 aliphatic carbocycles. The first-order valence-corrected chi connectivity index (χ1v) is 11.7. The zero-order valence-corrected chi connectivity index (χ0v) is 17.8. The number of hydrogen-bond donors (Lipinski definition) is 2. The van der Waals surface area contributed by atoms with Crippen molar-refractivity contribution in [3.05, 3.63) is 71.8 Å². The first kappa shape index (κ1) is 23.8. The molecule has 32 heavy (non-hydrogen) atoms. The van der Waals surface area contributed by atoms with Crippen molar-refractivity contribution in [2.24, 2.45) is 0 Å². The van der Waals surface area contributed by atoms with Gasteiger partial charge in [-0.3, -0.25) is 10.1 Å². The third-order valence-corrected chi connectivity index (χ3v) is 6.74. The fraction of sp³-hybridized carbons (Fsp3) is 0.364. The van der Waals surface area contributed by atoms with E-state index in [1.807, 2.05) is 6.07 Å². The standard InChI is InChI=1S/C22H22F3N3O3S/c23-22(24,25)19(17-9-5-2-6-10-17)27-18(20(29)28-21(15-26)11-12-21)14-32(30,31)13-16-7-3-1-4-8-16/h1-10,18-19,27H,11-14H2,(H,28,29)/t18?,19-/m1/s1. The molecule has 0 heterocycles. The first-order chi connectivity index (χ1) is 15.0. The van der Waals surface area contributed by atoms with Gasteiger partial charge in [0, 0.05) is 0 Å². The van der Waals surface area contributed by atoms with Crippen LogP contribution in [0.4, 0.5) is 13.2 Å². The maximum absolute atomic E-state index is 13.8. The van der Waals surface area contributed by atoms with Gasteiger partial charge in [-0.05, 0) is 24.0 Å². The molecule has 0 aromatic heterocycles. The lowest BCUT2D eigenvalue weighted by atomic mass is 10.1. The molecular formula is C22H22F3N3O3S. The molecule has 3 rings (SSSR count). The van der Waals surface area contributed by atoms with Crippen LogP contribution in [0.25, 0.3) is 0 Å². The number of carbonyl (C=O) groups is 1. The quantitative estimate of drug-likeness (QED) is 0.593. The van der Waals surface area contributed by atoms with Crippen LogP contribution < -0.4 is 10.6 Å². The summed E-state index contributed by atoms with van der Waals surface area (Å²) >= 11 is 0. The van der Waals surface area contributed by atoms with Gasteiger partial charge in [-0.2, -0.15) is 18.4 Å². The topological polar surface area (TPSA) is 99.1 Å². The number of sulfone groups is 1. The van der Waals surface area contributed by atoms with E-state index >= 15 is 0 Å². The Balaban J connectivity index is 1.87. The van der Waals surface area contributed by atoms with Crippen LogP contribution in [-0.4, -0.2) is 37.8 Å². The summed E-state index contributed by atoms with van der Waals surface area (Å²) in [5.41, 5.74) is -0.849. The van der Waals surface area contributed by atoms with E-state index in [1.165, 1.54) is 24.3 Å². The second kappa shape index (κ2) is 9.30. The predicted molar refractivity (Wildman–Crippen MR) is 112 cm³/mol. The number of nitrogens with one attached hydrogen (secondary N) is 2. The summed E-state index contributed by atoms with van der Waals surface area (Å²) in [7, 11) is -3.97. The zero-order chi connectivity index (χ0) is 23.4. The number of nitriles is 1. The summed E-state index contributed by atoms with van der Waals surface area (Å²) in [6.07, 6.45) is -4.06. The molecule has 0 saturated heterocycles. The van der Waals surface area contributed by atoms with E-state index in [1.54, 1.807) is 36.4 Å². The predicted octanol–water partition coefficient (Wildman–Crippen LogP) is 3.04. The number of nitrogens with zero attached hydrogens (tertiary/aromatic N) is 1. The number of amides is 1. The molecule has 10 heteroatoms. The monoisotopic (exact) mass is 465 g/mol. The highest BCUT2D eigenvalue weighted by atomic mass is 32.2. The SMILES string of the molecule is N#CC1(NC(=O)C(CS(=O)(=O)Cc2ccccc2)N[C@H](c2ccccc2)C(F)(F)F)CC1. The molecule has 1 fully saturated rings. The Morgan fingerprint density at radius 3 is 2.12 bits per heavy atom. The summed E-state index contributed by atoms with van der Waals surface area (Å²) in [6, 6.07) is 13.0. The molecule has 1 aliphatic rings. The lowest BCUT2D eigenvalue weighted by Gasteiger charge is -2.28. The molecule has 2 atom stereocenters. The van der Waals surface area contributed by atoms with Gasteiger partial charge in [-0.1, -0.05) is 60.7 Å². The number of carbonyl (C=O) groups excluding carboxylic acids is 1. The van der Waals surface area contributed by atoms with Crippen molar-refractivity contribution >= 4 is 15.7 Å². The zero-order valence-electron chi connectivity index (χ0n) is 17.0. The Hall–Kier alpha value is -2.90. The smallest absolute Gasteiger partial charge is 0.336 e. The van der Waals surface area contributed by atoms with Gasteiger partial charge in [0.25, 0.3) is 0 Å². The van der Waals surface area contributed by atoms with Gasteiger partial charge >= 0.3 is 6.18 Å². The number of hydrogen-bond acceptors (Lipinski definition) is 5. The van der Waals surface area contributed by atoms with Gasteiger partial charge in [0.05, 0.1) is 17.6 Å². The molecule has 1 saturated carbocycles. The van der Waals surface area contributed by atoms with E-state index in [4.69, 9.17) is 0 Å². The molecule has 2 aromatic rings. The number of benzene rings is 2. The van der Waals surface area contributed by atoms with Crippen molar-refractivity contribution in [1.82, 2.24) is 10.6 Å². The lowest BCUT2D eigenvalue weighted by molar-refractivity contribution is -0.160. The molecule has 2 aromatic carbocycles. The number of alkyl halides is 3. The molecule has 0 bridgehead atoms. The van der Waals surface area contributed by atoms with Crippen LogP contribution in [0.3, 0.4) is 0 Å². The van der Waals surface area contributed by atoms with Crippen LogP contribution in [-0.2, 0) is 20.4 Å². The Bertz CT molecular complexity index is 1080. The van der Waals surface area contributed by atoms with Crippen molar-refractivity contribution in [3.63, 3.8) is 0 Å². The summed E-state index contributed by atoms with van der Waals surface area (Å²) in [5.74, 6) is -2.23. The maximum atomic E-state index is 13.8. The van der Waals surface area contributed by atoms with Crippen molar-refractivity contribution in [2.75, 3.05) is 5.75 Å². The van der Waals surface area contributed by atoms with Crippen molar-refractivity contribution in [1.29, 1.82) is 5.26 Å². The van der Waals surface area contributed by atoms with Crippen LogP contribution in [0.2, 0.25) is 0 Å². The van der Waals surface area contributed by atoms with E-state index in [2.05, 4.69) is 10.6 Å². The van der Waals surface area contributed by atoms with Crippen LogP contribution in [0, 0.1) is 11.3 Å². The molecule has 2 N–H and O–H groups in total. The Kier molecular flexibility index (Phi) is 6.91. The molecular weight excluding hydrogens is 443 g/mol. The summed E-state index contributed by atoms with van der Waals surface area (Å²) in [4.78, 5) is 12.8. The number of rotatable bonds is 9. The van der Waals surface area contributed by atoms with Gasteiger partial charge in [0.2, 0.25) is 5.91 Å². The average Bonchev–Trinajstić information content (AvgIpc) is 3.51. The minimum absolute atomic E-state index is 0.153. The molecule has 1 amide bonds. The Morgan fingerprint density at radius 1 is 1.06 bits per heavy atom. The second-order valence-corrected chi connectivity index (χ2v) is 9.94. The lowest BCUT2D eigenvalue weighted by Crippen LogP contribution is -2.54.